The van der Waals surface area contributed by atoms with E-state index in [1.807, 2.05) is 0 Å². The van der Waals surface area contributed by atoms with Gasteiger partial charge in [-0.05, 0) is 62.7 Å². The molecule has 0 amide bonds. The topological polar surface area (TPSA) is 44.8 Å². The second-order valence-electron chi connectivity index (χ2n) is 9.26. The SMILES string of the molecule is COC1(OC)CCC2=C(CC[C@@H]3[C@@H]2CC[C@]2(C)[C@@H](OC(C)=O)CC[C@@H]32)C1. The fourth-order valence-corrected chi connectivity index (χ4v) is 6.97. The van der Waals surface area contributed by atoms with Crippen LogP contribution < -0.4 is 0 Å². The number of carbonyl (C=O) groups is 1. The Morgan fingerprint density at radius 2 is 1.81 bits per heavy atom. The summed E-state index contributed by atoms with van der Waals surface area (Å²) < 4.78 is 17.2. The number of fused-ring (bicyclic) bond motifs is 4. The van der Waals surface area contributed by atoms with Crippen molar-refractivity contribution in [2.45, 2.75) is 83.5 Å². The van der Waals surface area contributed by atoms with Gasteiger partial charge < -0.3 is 14.2 Å². The molecule has 0 bridgehead atoms. The lowest BCUT2D eigenvalue weighted by molar-refractivity contribution is -0.213. The van der Waals surface area contributed by atoms with Gasteiger partial charge in [-0.3, -0.25) is 4.79 Å². The molecule has 0 aromatic carbocycles. The van der Waals surface area contributed by atoms with E-state index in [2.05, 4.69) is 6.92 Å². The maximum absolute atomic E-state index is 11.6. The number of hydrogen-bond donors (Lipinski definition) is 0. The predicted molar refractivity (Wildman–Crippen MR) is 99.5 cm³/mol. The summed E-state index contributed by atoms with van der Waals surface area (Å²) in [6.45, 7) is 3.94. The van der Waals surface area contributed by atoms with E-state index in [9.17, 15) is 4.79 Å². The zero-order valence-corrected chi connectivity index (χ0v) is 16.8. The van der Waals surface area contributed by atoms with Crippen molar-refractivity contribution >= 4 is 5.97 Å². The van der Waals surface area contributed by atoms with E-state index >= 15 is 0 Å². The maximum atomic E-state index is 11.6. The van der Waals surface area contributed by atoms with Crippen LogP contribution in [0.25, 0.3) is 0 Å². The third-order valence-electron chi connectivity index (χ3n) is 8.34. The van der Waals surface area contributed by atoms with Gasteiger partial charge in [0, 0.05) is 39.4 Å². The summed E-state index contributed by atoms with van der Waals surface area (Å²) in [7, 11) is 3.56. The smallest absolute Gasteiger partial charge is 0.302 e. The molecule has 4 nitrogen and oxygen atoms in total. The van der Waals surface area contributed by atoms with Crippen molar-refractivity contribution in [3.05, 3.63) is 11.1 Å². The number of allylic oxidation sites excluding steroid dienone is 1. The maximum Gasteiger partial charge on any atom is 0.302 e. The van der Waals surface area contributed by atoms with Crippen molar-refractivity contribution in [3.8, 4) is 0 Å². The first-order chi connectivity index (χ1) is 12.4. The molecule has 0 aromatic rings. The zero-order chi connectivity index (χ0) is 18.5. The van der Waals surface area contributed by atoms with Crippen molar-refractivity contribution < 1.29 is 19.0 Å². The van der Waals surface area contributed by atoms with Crippen LogP contribution in [0.5, 0.6) is 0 Å². The van der Waals surface area contributed by atoms with Crippen LogP contribution in [-0.2, 0) is 19.0 Å². The molecule has 2 fully saturated rings. The standard InChI is InChI=1S/C22H34O4/c1-14(23)26-20-8-7-19-18-6-5-15-13-22(24-3,25-4)12-10-16(15)17(18)9-11-21(19,20)2/h17-20H,5-13H2,1-4H3/t17-,18-,19+,20+,21+/m1/s1. The van der Waals surface area contributed by atoms with E-state index in [1.54, 1.807) is 32.3 Å². The first-order valence-electron chi connectivity index (χ1n) is 10.4. The van der Waals surface area contributed by atoms with Gasteiger partial charge in [-0.1, -0.05) is 18.1 Å². The van der Waals surface area contributed by atoms with Crippen molar-refractivity contribution in [3.63, 3.8) is 0 Å². The molecule has 146 valence electrons. The van der Waals surface area contributed by atoms with E-state index in [-0.39, 0.29) is 17.5 Å². The summed E-state index contributed by atoms with van der Waals surface area (Å²) in [6, 6.07) is 0. The predicted octanol–water partition coefficient (Wildman–Crippen LogP) is 4.62. The van der Waals surface area contributed by atoms with Gasteiger partial charge in [0.15, 0.2) is 5.79 Å². The molecule has 4 heteroatoms. The summed E-state index contributed by atoms with van der Waals surface area (Å²) in [5.74, 6) is 1.69. The molecule has 0 aromatic heterocycles. The van der Waals surface area contributed by atoms with E-state index in [0.717, 1.165) is 37.5 Å². The molecule has 4 rings (SSSR count). The average molecular weight is 363 g/mol. The molecule has 4 aliphatic carbocycles. The number of rotatable bonds is 3. The number of esters is 1. The van der Waals surface area contributed by atoms with E-state index < -0.39 is 5.79 Å². The van der Waals surface area contributed by atoms with Crippen molar-refractivity contribution in [1.29, 1.82) is 0 Å². The lowest BCUT2D eigenvalue weighted by Crippen LogP contribution is -2.47. The van der Waals surface area contributed by atoms with Crippen LogP contribution in [0.2, 0.25) is 0 Å². The third kappa shape index (κ3) is 2.75. The Balaban J connectivity index is 1.56. The summed E-state index contributed by atoms with van der Waals surface area (Å²) >= 11 is 0. The molecule has 26 heavy (non-hydrogen) atoms. The van der Waals surface area contributed by atoms with Crippen molar-refractivity contribution in [2.24, 2.45) is 23.2 Å². The molecule has 0 heterocycles. The fraction of sp³-hybridized carbons (Fsp3) is 0.864. The molecule has 0 unspecified atom stereocenters. The molecule has 5 atom stereocenters. The first-order valence-corrected chi connectivity index (χ1v) is 10.4. The van der Waals surface area contributed by atoms with Crippen LogP contribution in [0, 0.1) is 23.2 Å². The Labute approximate surface area is 157 Å². The summed E-state index contributed by atoms with van der Waals surface area (Å²) in [6.07, 6.45) is 10.3. The Morgan fingerprint density at radius 1 is 1.04 bits per heavy atom. The monoisotopic (exact) mass is 362 g/mol. The molecule has 2 saturated carbocycles. The lowest BCUT2D eigenvalue weighted by Gasteiger charge is -2.52. The van der Waals surface area contributed by atoms with Crippen LogP contribution in [0.4, 0.5) is 0 Å². The van der Waals surface area contributed by atoms with Crippen molar-refractivity contribution in [1.82, 2.24) is 0 Å². The number of hydrogen-bond acceptors (Lipinski definition) is 4. The minimum atomic E-state index is -0.400. The van der Waals surface area contributed by atoms with Gasteiger partial charge in [0.05, 0.1) is 0 Å². The van der Waals surface area contributed by atoms with E-state index in [4.69, 9.17) is 14.2 Å². The van der Waals surface area contributed by atoms with E-state index in [0.29, 0.717) is 5.92 Å². The number of ether oxygens (including phenoxy) is 3. The zero-order valence-electron chi connectivity index (χ0n) is 16.8. The Kier molecular flexibility index (Phi) is 4.71. The average Bonchev–Trinajstić information content (AvgIpc) is 2.97. The Morgan fingerprint density at radius 3 is 2.50 bits per heavy atom. The van der Waals surface area contributed by atoms with Crippen LogP contribution in [-0.4, -0.2) is 32.1 Å². The Bertz CT molecular complexity index is 605. The highest BCUT2D eigenvalue weighted by Crippen LogP contribution is 2.62. The highest BCUT2D eigenvalue weighted by atomic mass is 16.7. The number of carbonyl (C=O) groups excluding carboxylic acids is 1. The molecular formula is C22H34O4. The summed E-state index contributed by atoms with van der Waals surface area (Å²) in [5.41, 5.74) is 3.52. The molecular weight excluding hydrogens is 328 g/mol. The third-order valence-corrected chi connectivity index (χ3v) is 8.34. The molecule has 4 aliphatic rings. The molecule has 0 N–H and O–H groups in total. The van der Waals surface area contributed by atoms with Crippen molar-refractivity contribution in [2.75, 3.05) is 14.2 Å². The van der Waals surface area contributed by atoms with Gasteiger partial charge in [0.25, 0.3) is 0 Å². The second kappa shape index (κ2) is 6.63. The Hall–Kier alpha value is -0.870. The van der Waals surface area contributed by atoms with Crippen LogP contribution in [0.15, 0.2) is 11.1 Å². The van der Waals surface area contributed by atoms with E-state index in [1.165, 1.54) is 32.1 Å². The highest BCUT2D eigenvalue weighted by Gasteiger charge is 2.57. The molecule has 0 saturated heterocycles. The molecule has 0 aliphatic heterocycles. The number of methoxy groups -OCH3 is 2. The second-order valence-corrected chi connectivity index (χ2v) is 9.26. The summed E-state index contributed by atoms with van der Waals surface area (Å²) in [5, 5.41) is 0. The normalized spacial score (nSPS) is 41.2. The van der Waals surface area contributed by atoms with Gasteiger partial charge in [-0.2, -0.15) is 0 Å². The van der Waals surface area contributed by atoms with Crippen LogP contribution >= 0.6 is 0 Å². The molecule has 0 radical (unpaired) electrons. The van der Waals surface area contributed by atoms with Crippen LogP contribution in [0.3, 0.4) is 0 Å². The quantitative estimate of drug-likeness (QED) is 0.417. The van der Waals surface area contributed by atoms with Gasteiger partial charge in [0.1, 0.15) is 6.10 Å². The van der Waals surface area contributed by atoms with Gasteiger partial charge in [0.2, 0.25) is 0 Å². The minimum Gasteiger partial charge on any atom is -0.462 e. The fourth-order valence-electron chi connectivity index (χ4n) is 6.97. The minimum absolute atomic E-state index is 0.115. The summed E-state index contributed by atoms with van der Waals surface area (Å²) in [4.78, 5) is 11.6. The van der Waals surface area contributed by atoms with Crippen LogP contribution in [0.1, 0.15) is 71.6 Å². The highest BCUT2D eigenvalue weighted by molar-refractivity contribution is 5.66. The van der Waals surface area contributed by atoms with Gasteiger partial charge in [-0.25, -0.2) is 0 Å². The first kappa shape index (κ1) is 18.5. The largest absolute Gasteiger partial charge is 0.462 e. The lowest BCUT2D eigenvalue weighted by atomic mass is 9.54. The molecule has 0 spiro atoms. The van der Waals surface area contributed by atoms with Gasteiger partial charge >= 0.3 is 5.97 Å². The van der Waals surface area contributed by atoms with Gasteiger partial charge in [-0.15, -0.1) is 0 Å².